The Bertz CT molecular complexity index is 543. The van der Waals surface area contributed by atoms with E-state index in [-0.39, 0.29) is 0 Å². The molecule has 0 amide bonds. The quantitative estimate of drug-likeness (QED) is 0.807. The fraction of sp³-hybridized carbons (Fsp3) is 0.273. The molecule has 16 heavy (non-hydrogen) atoms. The molecule has 0 spiro atoms. The van der Waals surface area contributed by atoms with Gasteiger partial charge in [0.2, 0.25) is 0 Å². The number of rotatable bonds is 2. The maximum atomic E-state index is 6.15. The minimum Gasteiger partial charge on any atom is -0.477 e. The van der Waals surface area contributed by atoms with Gasteiger partial charge in [0.25, 0.3) is 11.8 Å². The van der Waals surface area contributed by atoms with Crippen LogP contribution in [0, 0.1) is 6.92 Å². The van der Waals surface area contributed by atoms with E-state index in [0.29, 0.717) is 27.8 Å². The lowest BCUT2D eigenvalue weighted by Gasteiger charge is -2.08. The average molecular weight is 239 g/mol. The predicted molar refractivity (Wildman–Crippen MR) is 62.4 cm³/mol. The molecule has 0 bridgehead atoms. The molecular weight excluding hydrogens is 228 g/mol. The summed E-state index contributed by atoms with van der Waals surface area (Å²) in [5.74, 6) is 0.692. The molecule has 0 saturated carbocycles. The number of methoxy groups -OCH3 is 2. The summed E-state index contributed by atoms with van der Waals surface area (Å²) < 4.78 is 10.2. The smallest absolute Gasteiger partial charge is 0.278 e. The average Bonchev–Trinajstić information content (AvgIpc) is 2.32. The lowest BCUT2D eigenvalue weighted by Crippen LogP contribution is -1.98. The molecule has 2 aromatic rings. The lowest BCUT2D eigenvalue weighted by atomic mass is 10.2. The highest BCUT2D eigenvalue weighted by molar-refractivity contribution is 6.35. The largest absolute Gasteiger partial charge is 0.477 e. The van der Waals surface area contributed by atoms with Gasteiger partial charge in [-0.2, -0.15) is 0 Å². The van der Waals surface area contributed by atoms with Gasteiger partial charge < -0.3 is 9.47 Å². The summed E-state index contributed by atoms with van der Waals surface area (Å²) in [6.07, 6.45) is 0. The van der Waals surface area contributed by atoms with E-state index in [1.165, 1.54) is 14.2 Å². The van der Waals surface area contributed by atoms with Crippen LogP contribution in [0.4, 0.5) is 0 Å². The van der Waals surface area contributed by atoms with E-state index >= 15 is 0 Å². The van der Waals surface area contributed by atoms with Gasteiger partial charge in [0.1, 0.15) is 5.52 Å². The van der Waals surface area contributed by atoms with Crippen LogP contribution < -0.4 is 9.47 Å². The van der Waals surface area contributed by atoms with Gasteiger partial charge in [-0.1, -0.05) is 17.7 Å². The number of aromatic nitrogens is 2. The summed E-state index contributed by atoms with van der Waals surface area (Å²) in [4.78, 5) is 8.56. The number of nitrogens with zero attached hydrogens (tertiary/aromatic N) is 2. The maximum absolute atomic E-state index is 6.15. The standard InChI is InChI=1S/C11H11ClN2O2/c1-6-4-5-7-9(8(6)12)14-11(16-3)10(13-7)15-2/h4-5H,1-3H3. The summed E-state index contributed by atoms with van der Waals surface area (Å²) in [5, 5.41) is 0.589. The Morgan fingerprint density at radius 2 is 1.69 bits per heavy atom. The van der Waals surface area contributed by atoms with E-state index in [1.54, 1.807) is 0 Å². The first-order valence-electron chi connectivity index (χ1n) is 4.72. The third-order valence-corrected chi connectivity index (χ3v) is 2.77. The minimum absolute atomic E-state index is 0.336. The first-order chi connectivity index (χ1) is 7.67. The SMILES string of the molecule is COc1nc2ccc(C)c(Cl)c2nc1OC. The van der Waals surface area contributed by atoms with Crippen molar-refractivity contribution in [1.82, 2.24) is 9.97 Å². The lowest BCUT2D eigenvalue weighted by molar-refractivity contribution is 0.334. The molecule has 0 aliphatic rings. The normalized spacial score (nSPS) is 10.5. The van der Waals surface area contributed by atoms with Crippen molar-refractivity contribution >= 4 is 22.6 Å². The Labute approximate surface area is 98.2 Å². The molecular formula is C11H11ClN2O2. The molecule has 0 saturated heterocycles. The highest BCUT2D eigenvalue weighted by atomic mass is 35.5. The first kappa shape index (κ1) is 11.0. The van der Waals surface area contributed by atoms with Crippen molar-refractivity contribution in [3.05, 3.63) is 22.7 Å². The topological polar surface area (TPSA) is 44.2 Å². The first-order valence-corrected chi connectivity index (χ1v) is 5.10. The number of halogens is 1. The van der Waals surface area contributed by atoms with Crippen molar-refractivity contribution in [2.75, 3.05) is 14.2 Å². The van der Waals surface area contributed by atoms with Crippen LogP contribution >= 0.6 is 11.6 Å². The monoisotopic (exact) mass is 238 g/mol. The second-order valence-corrected chi connectivity index (χ2v) is 3.68. The van der Waals surface area contributed by atoms with Crippen LogP contribution in [0.2, 0.25) is 5.02 Å². The molecule has 1 heterocycles. The third-order valence-electron chi connectivity index (χ3n) is 2.29. The van der Waals surface area contributed by atoms with Gasteiger partial charge in [-0.15, -0.1) is 0 Å². The Morgan fingerprint density at radius 1 is 1.06 bits per heavy atom. The minimum atomic E-state index is 0.336. The molecule has 0 N–H and O–H groups in total. The molecule has 0 radical (unpaired) electrons. The van der Waals surface area contributed by atoms with Crippen molar-refractivity contribution in [2.45, 2.75) is 6.92 Å². The van der Waals surface area contributed by atoms with Crippen molar-refractivity contribution in [3.63, 3.8) is 0 Å². The zero-order valence-corrected chi connectivity index (χ0v) is 10.00. The van der Waals surface area contributed by atoms with Crippen molar-refractivity contribution in [1.29, 1.82) is 0 Å². The summed E-state index contributed by atoms with van der Waals surface area (Å²) in [7, 11) is 3.04. The Hall–Kier alpha value is -1.55. The summed E-state index contributed by atoms with van der Waals surface area (Å²) in [6, 6.07) is 3.75. The van der Waals surface area contributed by atoms with E-state index in [2.05, 4.69) is 9.97 Å². The molecule has 0 unspecified atom stereocenters. The molecule has 0 aliphatic carbocycles. The van der Waals surface area contributed by atoms with Gasteiger partial charge in [0.15, 0.2) is 0 Å². The molecule has 0 fully saturated rings. The van der Waals surface area contributed by atoms with Crippen molar-refractivity contribution in [3.8, 4) is 11.8 Å². The van der Waals surface area contributed by atoms with E-state index in [0.717, 1.165) is 5.56 Å². The van der Waals surface area contributed by atoms with Crippen LogP contribution in [-0.4, -0.2) is 24.2 Å². The Balaban J connectivity index is 2.78. The van der Waals surface area contributed by atoms with Gasteiger partial charge >= 0.3 is 0 Å². The van der Waals surface area contributed by atoms with Gasteiger partial charge in [0, 0.05) is 0 Å². The molecule has 2 rings (SSSR count). The molecule has 1 aromatic heterocycles. The predicted octanol–water partition coefficient (Wildman–Crippen LogP) is 2.61. The summed E-state index contributed by atoms with van der Waals surface area (Å²) >= 11 is 6.15. The molecule has 1 aromatic carbocycles. The number of hydrogen-bond acceptors (Lipinski definition) is 4. The Morgan fingerprint density at radius 3 is 2.31 bits per heavy atom. The van der Waals surface area contributed by atoms with E-state index in [4.69, 9.17) is 21.1 Å². The van der Waals surface area contributed by atoms with Gasteiger partial charge in [0.05, 0.1) is 24.8 Å². The van der Waals surface area contributed by atoms with Crippen LogP contribution in [0.25, 0.3) is 11.0 Å². The highest BCUT2D eigenvalue weighted by Crippen LogP contribution is 2.30. The fourth-order valence-corrected chi connectivity index (χ4v) is 1.63. The number of hydrogen-bond donors (Lipinski definition) is 0. The van der Waals surface area contributed by atoms with Gasteiger partial charge in [-0.3, -0.25) is 0 Å². The second-order valence-electron chi connectivity index (χ2n) is 3.31. The van der Waals surface area contributed by atoms with Crippen LogP contribution in [0.5, 0.6) is 11.8 Å². The molecule has 0 atom stereocenters. The summed E-state index contributed by atoms with van der Waals surface area (Å²) in [6.45, 7) is 1.92. The van der Waals surface area contributed by atoms with Gasteiger partial charge in [-0.05, 0) is 18.6 Å². The van der Waals surface area contributed by atoms with Crippen LogP contribution in [0.1, 0.15) is 5.56 Å². The zero-order valence-electron chi connectivity index (χ0n) is 9.24. The van der Waals surface area contributed by atoms with E-state index < -0.39 is 0 Å². The molecule has 0 aliphatic heterocycles. The van der Waals surface area contributed by atoms with Crippen LogP contribution in [0.3, 0.4) is 0 Å². The highest BCUT2D eigenvalue weighted by Gasteiger charge is 2.12. The number of benzene rings is 1. The molecule has 84 valence electrons. The van der Waals surface area contributed by atoms with Crippen molar-refractivity contribution < 1.29 is 9.47 Å². The van der Waals surface area contributed by atoms with Crippen molar-refractivity contribution in [2.24, 2.45) is 0 Å². The van der Waals surface area contributed by atoms with E-state index in [1.807, 2.05) is 19.1 Å². The summed E-state index contributed by atoms with van der Waals surface area (Å²) in [5.41, 5.74) is 2.27. The van der Waals surface area contributed by atoms with Crippen LogP contribution in [0.15, 0.2) is 12.1 Å². The number of ether oxygens (including phenoxy) is 2. The van der Waals surface area contributed by atoms with Crippen LogP contribution in [-0.2, 0) is 0 Å². The molecule has 5 heteroatoms. The molecule has 4 nitrogen and oxygen atoms in total. The fourth-order valence-electron chi connectivity index (χ4n) is 1.42. The number of fused-ring (bicyclic) bond motifs is 1. The third kappa shape index (κ3) is 1.65. The second kappa shape index (κ2) is 4.14. The van der Waals surface area contributed by atoms with Gasteiger partial charge in [-0.25, -0.2) is 9.97 Å². The number of aryl methyl sites for hydroxylation is 1. The van der Waals surface area contributed by atoms with E-state index in [9.17, 15) is 0 Å². The Kier molecular flexibility index (Phi) is 2.83. The zero-order chi connectivity index (χ0) is 11.7. The maximum Gasteiger partial charge on any atom is 0.278 e.